The van der Waals surface area contributed by atoms with E-state index in [0.717, 1.165) is 36.6 Å². The lowest BCUT2D eigenvalue weighted by Crippen LogP contribution is -1.97. The molecule has 0 amide bonds. The highest BCUT2D eigenvalue weighted by atomic mass is 16.5. The van der Waals surface area contributed by atoms with Crippen LogP contribution in [0.2, 0.25) is 0 Å². The van der Waals surface area contributed by atoms with Crippen molar-refractivity contribution in [1.82, 2.24) is 9.97 Å². The van der Waals surface area contributed by atoms with Crippen molar-refractivity contribution in [3.05, 3.63) is 66.5 Å². The molecule has 0 unspecified atom stereocenters. The molecule has 0 aliphatic rings. The van der Waals surface area contributed by atoms with E-state index in [1.165, 1.54) is 68.1 Å². The number of hydrogen-bond donors (Lipinski definition) is 0. The van der Waals surface area contributed by atoms with Crippen LogP contribution >= 0.6 is 0 Å². The van der Waals surface area contributed by atoms with Crippen LogP contribution in [0.3, 0.4) is 0 Å². The van der Waals surface area contributed by atoms with Crippen molar-refractivity contribution in [1.29, 1.82) is 0 Å². The van der Waals surface area contributed by atoms with E-state index in [-0.39, 0.29) is 0 Å². The molecule has 1 aromatic heterocycles. The van der Waals surface area contributed by atoms with Gasteiger partial charge in [0.25, 0.3) is 0 Å². The third-order valence-corrected chi connectivity index (χ3v) is 5.87. The summed E-state index contributed by atoms with van der Waals surface area (Å²) in [6.07, 6.45) is 16.4. The molecule has 32 heavy (non-hydrogen) atoms. The summed E-state index contributed by atoms with van der Waals surface area (Å²) in [5, 5.41) is 0. The first-order valence-electron chi connectivity index (χ1n) is 12.4. The molecule has 0 radical (unpaired) electrons. The Morgan fingerprint density at radius 3 is 1.75 bits per heavy atom. The molecule has 0 aliphatic carbocycles. The highest BCUT2D eigenvalue weighted by molar-refractivity contribution is 5.68. The van der Waals surface area contributed by atoms with Gasteiger partial charge in [0.15, 0.2) is 5.82 Å². The molecule has 0 N–H and O–H groups in total. The Morgan fingerprint density at radius 1 is 0.594 bits per heavy atom. The number of hydrogen-bond acceptors (Lipinski definition) is 3. The average molecular weight is 431 g/mol. The normalized spacial score (nSPS) is 10.9. The fourth-order valence-electron chi connectivity index (χ4n) is 3.84. The maximum atomic E-state index is 5.88. The average Bonchev–Trinajstić information content (AvgIpc) is 2.85. The fourth-order valence-corrected chi connectivity index (χ4v) is 3.84. The van der Waals surface area contributed by atoms with E-state index in [9.17, 15) is 0 Å². The number of benzene rings is 2. The molecule has 0 bridgehead atoms. The van der Waals surface area contributed by atoms with Gasteiger partial charge in [-0.15, -0.1) is 0 Å². The Hall–Kier alpha value is -2.68. The van der Waals surface area contributed by atoms with Crippen molar-refractivity contribution in [2.24, 2.45) is 0 Å². The summed E-state index contributed by atoms with van der Waals surface area (Å²) in [5.41, 5.74) is 4.65. The minimum atomic E-state index is 0.788. The number of aryl methyl sites for hydroxylation is 1. The molecule has 1 heterocycles. The van der Waals surface area contributed by atoms with E-state index < -0.39 is 0 Å². The standard InChI is InChI=1S/C29H38N2O/c1-3-5-7-9-11-21-32-28-19-17-26(18-20-28)25-13-15-27(16-14-25)29-30-22-24(23-31-29)12-10-8-6-4-2/h13-20,22-23H,3-12,21H2,1-2H3. The molecular weight excluding hydrogens is 392 g/mol. The third kappa shape index (κ3) is 7.78. The van der Waals surface area contributed by atoms with Gasteiger partial charge in [0, 0.05) is 18.0 Å². The van der Waals surface area contributed by atoms with Crippen molar-refractivity contribution < 1.29 is 4.74 Å². The minimum absolute atomic E-state index is 0.788. The van der Waals surface area contributed by atoms with E-state index >= 15 is 0 Å². The highest BCUT2D eigenvalue weighted by Gasteiger charge is 2.04. The van der Waals surface area contributed by atoms with Gasteiger partial charge >= 0.3 is 0 Å². The van der Waals surface area contributed by atoms with E-state index in [0.29, 0.717) is 0 Å². The zero-order valence-corrected chi connectivity index (χ0v) is 19.9. The second-order valence-electron chi connectivity index (χ2n) is 8.59. The van der Waals surface area contributed by atoms with Crippen molar-refractivity contribution in [3.63, 3.8) is 0 Å². The van der Waals surface area contributed by atoms with Crippen molar-refractivity contribution in [3.8, 4) is 28.3 Å². The number of aromatic nitrogens is 2. The lowest BCUT2D eigenvalue weighted by molar-refractivity contribution is 0.304. The van der Waals surface area contributed by atoms with Crippen LogP contribution in [-0.2, 0) is 6.42 Å². The third-order valence-electron chi connectivity index (χ3n) is 5.87. The maximum absolute atomic E-state index is 5.88. The number of rotatable bonds is 14. The van der Waals surface area contributed by atoms with Gasteiger partial charge in [-0.2, -0.15) is 0 Å². The fraction of sp³-hybridized carbons (Fsp3) is 0.448. The number of ether oxygens (including phenoxy) is 1. The van der Waals surface area contributed by atoms with Crippen LogP contribution in [0.4, 0.5) is 0 Å². The van der Waals surface area contributed by atoms with Gasteiger partial charge in [0.2, 0.25) is 0 Å². The van der Waals surface area contributed by atoms with Gasteiger partial charge in [-0.1, -0.05) is 95.2 Å². The van der Waals surface area contributed by atoms with E-state index in [1.54, 1.807) is 0 Å². The molecule has 3 aromatic rings. The molecule has 170 valence electrons. The summed E-state index contributed by atoms with van der Waals surface area (Å²) in [6.45, 7) is 5.28. The molecule has 0 saturated carbocycles. The van der Waals surface area contributed by atoms with Crippen molar-refractivity contribution in [2.75, 3.05) is 6.61 Å². The van der Waals surface area contributed by atoms with Gasteiger partial charge in [-0.3, -0.25) is 0 Å². The lowest BCUT2D eigenvalue weighted by atomic mass is 10.0. The van der Waals surface area contributed by atoms with E-state index in [4.69, 9.17) is 4.74 Å². The SMILES string of the molecule is CCCCCCCOc1ccc(-c2ccc(-c3ncc(CCCCCC)cn3)cc2)cc1. The van der Waals surface area contributed by atoms with Crippen molar-refractivity contribution in [2.45, 2.75) is 78.1 Å². The van der Waals surface area contributed by atoms with Crippen LogP contribution in [0.15, 0.2) is 60.9 Å². The smallest absolute Gasteiger partial charge is 0.159 e. The Labute approximate surface area is 194 Å². The monoisotopic (exact) mass is 430 g/mol. The predicted molar refractivity (Wildman–Crippen MR) is 135 cm³/mol. The molecule has 3 nitrogen and oxygen atoms in total. The van der Waals surface area contributed by atoms with Crippen LogP contribution < -0.4 is 4.74 Å². The van der Waals surface area contributed by atoms with Gasteiger partial charge in [0.05, 0.1) is 6.61 Å². The first-order chi connectivity index (χ1) is 15.8. The largest absolute Gasteiger partial charge is 0.494 e. The summed E-state index contributed by atoms with van der Waals surface area (Å²) in [4.78, 5) is 9.17. The van der Waals surface area contributed by atoms with Crippen LogP contribution in [0.25, 0.3) is 22.5 Å². The van der Waals surface area contributed by atoms with E-state index in [1.807, 2.05) is 12.4 Å². The second kappa shape index (κ2) is 13.7. The summed E-state index contributed by atoms with van der Waals surface area (Å²) in [7, 11) is 0. The molecule has 0 fully saturated rings. The van der Waals surface area contributed by atoms with Crippen LogP contribution in [0.5, 0.6) is 5.75 Å². The van der Waals surface area contributed by atoms with E-state index in [2.05, 4.69) is 72.3 Å². The summed E-state index contributed by atoms with van der Waals surface area (Å²) < 4.78 is 5.88. The van der Waals surface area contributed by atoms with Gasteiger partial charge in [0.1, 0.15) is 5.75 Å². The number of nitrogens with zero attached hydrogens (tertiary/aromatic N) is 2. The molecule has 0 saturated heterocycles. The summed E-state index contributed by atoms with van der Waals surface area (Å²) >= 11 is 0. The van der Waals surface area contributed by atoms with Gasteiger partial charge in [-0.25, -0.2) is 9.97 Å². The topological polar surface area (TPSA) is 35.0 Å². The molecule has 3 rings (SSSR count). The Bertz CT molecular complexity index is 886. The van der Waals surface area contributed by atoms with Crippen LogP contribution in [-0.4, -0.2) is 16.6 Å². The molecule has 0 atom stereocenters. The predicted octanol–water partition coefficient (Wildman–Crippen LogP) is 8.28. The highest BCUT2D eigenvalue weighted by Crippen LogP contribution is 2.25. The first-order valence-corrected chi connectivity index (χ1v) is 12.4. The lowest BCUT2D eigenvalue weighted by Gasteiger charge is -2.08. The van der Waals surface area contributed by atoms with Crippen molar-refractivity contribution >= 4 is 0 Å². The maximum Gasteiger partial charge on any atom is 0.159 e. The van der Waals surface area contributed by atoms with Gasteiger partial charge in [-0.05, 0) is 48.1 Å². The zero-order chi connectivity index (χ0) is 22.4. The Kier molecular flexibility index (Phi) is 10.2. The van der Waals surface area contributed by atoms with Gasteiger partial charge < -0.3 is 4.74 Å². The molecule has 3 heteroatoms. The molecular formula is C29H38N2O. The molecule has 0 aliphatic heterocycles. The van der Waals surface area contributed by atoms with Crippen LogP contribution in [0, 0.1) is 0 Å². The first kappa shape index (κ1) is 24.0. The van der Waals surface area contributed by atoms with Crippen LogP contribution in [0.1, 0.15) is 77.2 Å². The zero-order valence-electron chi connectivity index (χ0n) is 19.9. The summed E-state index contributed by atoms with van der Waals surface area (Å²) in [5.74, 6) is 1.74. The Morgan fingerprint density at radius 2 is 1.12 bits per heavy atom. The Balaban J connectivity index is 1.50. The number of unbranched alkanes of at least 4 members (excludes halogenated alkanes) is 7. The molecule has 2 aromatic carbocycles. The molecule has 0 spiro atoms. The summed E-state index contributed by atoms with van der Waals surface area (Å²) in [6, 6.07) is 16.9. The second-order valence-corrected chi connectivity index (χ2v) is 8.59. The minimum Gasteiger partial charge on any atom is -0.494 e. The quantitative estimate of drug-likeness (QED) is 0.241.